The lowest BCUT2D eigenvalue weighted by molar-refractivity contribution is -0.142. The van der Waals surface area contributed by atoms with E-state index in [0.717, 1.165) is 16.7 Å². The van der Waals surface area contributed by atoms with Crippen LogP contribution in [0, 0.1) is 20.8 Å². The minimum atomic E-state index is -4.73. The maximum atomic E-state index is 12.4. The Morgan fingerprint density at radius 1 is 1.00 bits per heavy atom. The van der Waals surface area contributed by atoms with Crippen LogP contribution in [0.25, 0.3) is 0 Å². The minimum absolute atomic E-state index is 0.169. The lowest BCUT2D eigenvalue weighted by atomic mass is 10.0. The van der Waals surface area contributed by atoms with Gasteiger partial charge in [0.05, 0.1) is 12.8 Å². The van der Waals surface area contributed by atoms with E-state index in [1.165, 1.54) is 19.2 Å². The van der Waals surface area contributed by atoms with E-state index in [4.69, 9.17) is 4.74 Å². The predicted octanol–water partition coefficient (Wildman–Crippen LogP) is 3.14. The van der Waals surface area contributed by atoms with Crippen molar-refractivity contribution < 1.29 is 22.5 Å². The summed E-state index contributed by atoms with van der Waals surface area (Å²) in [5.41, 5.74) is 3.23. The molecule has 0 bridgehead atoms. The zero-order chi connectivity index (χ0) is 18.8. The Hall–Kier alpha value is -2.38. The molecule has 2 aromatic rings. The van der Waals surface area contributed by atoms with Gasteiger partial charge in [0.25, 0.3) is 0 Å². The van der Waals surface area contributed by atoms with Crippen LogP contribution in [-0.4, -0.2) is 26.0 Å². The maximum Gasteiger partial charge on any atom is 0.361 e. The summed E-state index contributed by atoms with van der Waals surface area (Å²) >= 11 is 0. The van der Waals surface area contributed by atoms with E-state index < -0.39 is 22.3 Å². The molecular weight excluding hydrogens is 342 g/mol. The van der Waals surface area contributed by atoms with Gasteiger partial charge in [0.2, 0.25) is 0 Å². The first-order chi connectivity index (χ1) is 11.6. The minimum Gasteiger partial charge on any atom is -0.467 e. The number of hydrogen-bond acceptors (Lipinski definition) is 4. The number of anilines is 1. The smallest absolute Gasteiger partial charge is 0.361 e. The van der Waals surface area contributed by atoms with E-state index in [9.17, 15) is 17.8 Å². The van der Waals surface area contributed by atoms with Gasteiger partial charge < -0.3 is 4.74 Å². The van der Waals surface area contributed by atoms with Gasteiger partial charge in [0.15, 0.2) is 6.04 Å². The summed E-state index contributed by atoms with van der Waals surface area (Å²) < 4.78 is 39.5. The largest absolute Gasteiger partial charge is 0.467 e. The van der Waals surface area contributed by atoms with Crippen molar-refractivity contribution in [3.8, 4) is 0 Å². The second-order valence-corrected chi connectivity index (χ2v) is 7.24. The van der Waals surface area contributed by atoms with Gasteiger partial charge in [-0.15, -0.1) is 0 Å². The molecule has 0 aliphatic heterocycles. The van der Waals surface area contributed by atoms with Gasteiger partial charge in [-0.1, -0.05) is 47.0 Å². The Balaban J connectivity index is 2.70. The van der Waals surface area contributed by atoms with Crippen LogP contribution in [0.2, 0.25) is 0 Å². The van der Waals surface area contributed by atoms with Crippen LogP contribution in [0.3, 0.4) is 0 Å². The van der Waals surface area contributed by atoms with Gasteiger partial charge >= 0.3 is 16.3 Å². The molecule has 0 spiro atoms. The van der Waals surface area contributed by atoms with Crippen molar-refractivity contribution in [1.29, 1.82) is 0 Å². The van der Waals surface area contributed by atoms with Gasteiger partial charge in [-0.2, -0.15) is 8.42 Å². The Kier molecular flexibility index (Phi) is 5.49. The van der Waals surface area contributed by atoms with Crippen LogP contribution < -0.4 is 4.31 Å². The lowest BCUT2D eigenvalue weighted by Crippen LogP contribution is -2.39. The third-order valence-electron chi connectivity index (χ3n) is 3.76. The summed E-state index contributed by atoms with van der Waals surface area (Å²) in [5.74, 6) is -0.789. The van der Waals surface area contributed by atoms with E-state index in [2.05, 4.69) is 0 Å². The van der Waals surface area contributed by atoms with Crippen LogP contribution in [0.1, 0.15) is 28.3 Å². The fraction of sp³-hybridized carbons (Fsp3) is 0.278. The molecule has 1 unspecified atom stereocenters. The van der Waals surface area contributed by atoms with Gasteiger partial charge in [-0.3, -0.25) is 4.55 Å². The topological polar surface area (TPSA) is 83.9 Å². The van der Waals surface area contributed by atoms with Gasteiger partial charge in [-0.05, 0) is 38.5 Å². The molecule has 0 amide bonds. The fourth-order valence-corrected chi connectivity index (χ4v) is 3.62. The highest BCUT2D eigenvalue weighted by Gasteiger charge is 2.36. The number of aryl methyl sites for hydroxylation is 3. The lowest BCUT2D eigenvalue weighted by Gasteiger charge is -2.29. The number of carbonyl (C=O) groups is 1. The SMILES string of the molecule is COC(=O)C(c1cc(C)cc(C)c1)N(c1ccc(C)cc1)S(=O)(=O)O. The molecule has 2 rings (SSSR count). The number of nitrogens with zero attached hydrogens (tertiary/aromatic N) is 1. The van der Waals surface area contributed by atoms with Crippen molar-refractivity contribution in [2.45, 2.75) is 26.8 Å². The van der Waals surface area contributed by atoms with Crippen molar-refractivity contribution in [2.75, 3.05) is 11.4 Å². The van der Waals surface area contributed by atoms with E-state index in [1.807, 2.05) is 26.8 Å². The number of esters is 1. The number of methoxy groups -OCH3 is 1. The second kappa shape index (κ2) is 7.25. The van der Waals surface area contributed by atoms with Crippen LogP contribution in [-0.2, 0) is 19.8 Å². The molecule has 0 aliphatic rings. The summed E-state index contributed by atoms with van der Waals surface area (Å²) in [5, 5.41) is 0. The fourth-order valence-electron chi connectivity index (χ4n) is 2.75. The van der Waals surface area contributed by atoms with Crippen molar-refractivity contribution in [1.82, 2.24) is 0 Å². The number of carbonyl (C=O) groups excluding carboxylic acids is 1. The molecule has 25 heavy (non-hydrogen) atoms. The van der Waals surface area contributed by atoms with Crippen LogP contribution in [0.4, 0.5) is 5.69 Å². The zero-order valence-electron chi connectivity index (χ0n) is 14.6. The van der Waals surface area contributed by atoms with E-state index in [0.29, 0.717) is 9.87 Å². The molecule has 6 nitrogen and oxygen atoms in total. The van der Waals surface area contributed by atoms with Gasteiger partial charge in [0.1, 0.15) is 0 Å². The first-order valence-corrected chi connectivity index (χ1v) is 9.02. The van der Waals surface area contributed by atoms with Crippen molar-refractivity contribution in [2.24, 2.45) is 0 Å². The number of ether oxygens (including phenoxy) is 1. The van der Waals surface area contributed by atoms with Gasteiger partial charge in [-0.25, -0.2) is 9.10 Å². The molecule has 0 heterocycles. The first-order valence-electron chi connectivity index (χ1n) is 7.63. The average Bonchev–Trinajstić information content (AvgIpc) is 2.51. The molecule has 1 atom stereocenters. The summed E-state index contributed by atoms with van der Waals surface area (Å²) in [6, 6.07) is 10.4. The first kappa shape index (κ1) is 19.0. The van der Waals surface area contributed by atoms with Crippen molar-refractivity contribution in [3.63, 3.8) is 0 Å². The highest BCUT2D eigenvalue weighted by molar-refractivity contribution is 7.87. The molecule has 0 saturated heterocycles. The molecular formula is C18H21NO5S. The summed E-state index contributed by atoms with van der Waals surface area (Å²) in [4.78, 5) is 12.4. The molecule has 0 saturated carbocycles. The van der Waals surface area contributed by atoms with Crippen LogP contribution >= 0.6 is 0 Å². The molecule has 134 valence electrons. The number of benzene rings is 2. The molecule has 0 aliphatic carbocycles. The molecule has 0 aromatic heterocycles. The second-order valence-electron chi connectivity index (χ2n) is 5.96. The van der Waals surface area contributed by atoms with Crippen molar-refractivity contribution in [3.05, 3.63) is 64.7 Å². The average molecular weight is 363 g/mol. The quantitative estimate of drug-likeness (QED) is 0.652. The standard InChI is InChI=1S/C18H21NO5S/c1-12-5-7-16(8-6-12)19(25(21,22)23)17(18(20)24-4)15-10-13(2)9-14(3)11-15/h5-11,17H,1-4H3,(H,21,22,23). The summed E-state index contributed by atoms with van der Waals surface area (Å²) in [6.45, 7) is 5.53. The Morgan fingerprint density at radius 2 is 1.52 bits per heavy atom. The highest BCUT2D eigenvalue weighted by Crippen LogP contribution is 2.32. The van der Waals surface area contributed by atoms with Crippen LogP contribution in [0.15, 0.2) is 42.5 Å². The highest BCUT2D eigenvalue weighted by atomic mass is 32.2. The van der Waals surface area contributed by atoms with Gasteiger partial charge in [0, 0.05) is 0 Å². The molecule has 0 radical (unpaired) electrons. The van der Waals surface area contributed by atoms with E-state index in [1.54, 1.807) is 24.3 Å². The zero-order valence-corrected chi connectivity index (χ0v) is 15.4. The molecule has 2 aromatic carbocycles. The van der Waals surface area contributed by atoms with Crippen LogP contribution in [0.5, 0.6) is 0 Å². The van der Waals surface area contributed by atoms with E-state index in [-0.39, 0.29) is 5.69 Å². The maximum absolute atomic E-state index is 12.4. The predicted molar refractivity (Wildman–Crippen MR) is 95.9 cm³/mol. The monoisotopic (exact) mass is 363 g/mol. The summed E-state index contributed by atoms with van der Waals surface area (Å²) in [7, 11) is -3.55. The Labute approximate surface area is 147 Å². The normalized spacial score (nSPS) is 12.5. The van der Waals surface area contributed by atoms with Crippen molar-refractivity contribution >= 4 is 22.0 Å². The third-order valence-corrected chi connectivity index (χ3v) is 4.67. The molecule has 1 N–H and O–H groups in total. The Bertz CT molecular complexity index is 855. The van der Waals surface area contributed by atoms with E-state index >= 15 is 0 Å². The third kappa shape index (κ3) is 4.37. The number of rotatable bonds is 5. The Morgan fingerprint density at radius 3 is 1.96 bits per heavy atom. The number of hydrogen-bond donors (Lipinski definition) is 1. The summed E-state index contributed by atoms with van der Waals surface area (Å²) in [6.07, 6.45) is 0. The molecule has 7 heteroatoms. The molecule has 0 fully saturated rings.